The minimum Gasteiger partial charge on any atom is -0.481 e. The van der Waals surface area contributed by atoms with Crippen LogP contribution < -0.4 is 5.32 Å². The Kier molecular flexibility index (Phi) is 4.30. The minimum absolute atomic E-state index is 0.0786. The molecule has 1 saturated heterocycles. The molecule has 1 unspecified atom stereocenters. The van der Waals surface area contributed by atoms with Gasteiger partial charge in [0.25, 0.3) is 5.91 Å². The number of carboxylic acids is 1. The van der Waals surface area contributed by atoms with E-state index in [2.05, 4.69) is 10.4 Å². The Hall–Kier alpha value is -2.74. The van der Waals surface area contributed by atoms with Crippen molar-refractivity contribution in [3.8, 4) is 5.69 Å². The second-order valence-electron chi connectivity index (χ2n) is 5.70. The maximum absolute atomic E-state index is 13.8. The highest BCUT2D eigenvalue weighted by Crippen LogP contribution is 2.23. The van der Waals surface area contributed by atoms with Crippen LogP contribution in [0.5, 0.6) is 0 Å². The van der Waals surface area contributed by atoms with Crippen LogP contribution in [0.25, 0.3) is 5.69 Å². The second kappa shape index (κ2) is 6.40. The van der Waals surface area contributed by atoms with Gasteiger partial charge in [-0.2, -0.15) is 5.10 Å². The number of nitrogens with zero attached hydrogens (tertiary/aromatic N) is 2. The van der Waals surface area contributed by atoms with Crippen LogP contribution in [0, 0.1) is 5.82 Å². The number of hydrogen-bond donors (Lipinski definition) is 2. The number of carboxylic acid groups (broad SMARTS) is 1. The van der Waals surface area contributed by atoms with Gasteiger partial charge in [-0.1, -0.05) is 12.1 Å². The first-order valence-electron chi connectivity index (χ1n) is 7.42. The number of aliphatic carboxylic acids is 1. The maximum Gasteiger partial charge on any atom is 0.305 e. The third-order valence-corrected chi connectivity index (χ3v) is 3.89. The molecule has 0 radical (unpaired) electrons. The number of carbonyl (C=O) groups excluding carboxylic acids is 1. The molecule has 0 aliphatic carbocycles. The molecule has 0 spiro atoms. The number of aromatic nitrogens is 2. The van der Waals surface area contributed by atoms with Gasteiger partial charge in [-0.05, 0) is 24.6 Å². The Bertz CT molecular complexity index is 768. The molecule has 2 aromatic rings. The van der Waals surface area contributed by atoms with Crippen LogP contribution in [0.4, 0.5) is 4.39 Å². The van der Waals surface area contributed by atoms with Crippen molar-refractivity contribution in [1.82, 2.24) is 15.1 Å². The average molecular weight is 333 g/mol. The summed E-state index contributed by atoms with van der Waals surface area (Å²) >= 11 is 0. The zero-order valence-corrected chi connectivity index (χ0v) is 12.7. The number of amides is 1. The van der Waals surface area contributed by atoms with E-state index in [1.165, 1.54) is 23.0 Å². The van der Waals surface area contributed by atoms with E-state index in [0.29, 0.717) is 13.0 Å². The van der Waals surface area contributed by atoms with Crippen LogP contribution in [0.15, 0.2) is 36.5 Å². The SMILES string of the molecule is O=C(O)CC1(NC(=O)c2ccn(-c3ccccc3F)n2)CCOC1. The van der Waals surface area contributed by atoms with Gasteiger partial charge < -0.3 is 15.2 Å². The van der Waals surface area contributed by atoms with Crippen molar-refractivity contribution >= 4 is 11.9 Å². The minimum atomic E-state index is -1.02. The third-order valence-electron chi connectivity index (χ3n) is 3.89. The van der Waals surface area contributed by atoms with Gasteiger partial charge in [-0.15, -0.1) is 0 Å². The molecule has 126 valence electrons. The quantitative estimate of drug-likeness (QED) is 0.862. The van der Waals surface area contributed by atoms with Crippen LogP contribution in [-0.2, 0) is 9.53 Å². The molecule has 24 heavy (non-hydrogen) atoms. The number of carbonyl (C=O) groups is 2. The Labute approximate surface area is 137 Å². The van der Waals surface area contributed by atoms with E-state index >= 15 is 0 Å². The molecule has 2 heterocycles. The highest BCUT2D eigenvalue weighted by Gasteiger charge is 2.39. The fourth-order valence-electron chi connectivity index (χ4n) is 2.70. The number of rotatable bonds is 5. The van der Waals surface area contributed by atoms with E-state index in [1.54, 1.807) is 18.2 Å². The number of para-hydroxylation sites is 1. The largest absolute Gasteiger partial charge is 0.481 e. The Balaban J connectivity index is 1.79. The van der Waals surface area contributed by atoms with Crippen LogP contribution in [0.1, 0.15) is 23.3 Å². The Morgan fingerprint density at radius 2 is 2.17 bits per heavy atom. The lowest BCUT2D eigenvalue weighted by molar-refractivity contribution is -0.138. The predicted octanol–water partition coefficient (Wildman–Crippen LogP) is 1.37. The van der Waals surface area contributed by atoms with Crippen molar-refractivity contribution in [2.45, 2.75) is 18.4 Å². The van der Waals surface area contributed by atoms with Crippen LogP contribution in [0.2, 0.25) is 0 Å². The van der Waals surface area contributed by atoms with Gasteiger partial charge in [0.15, 0.2) is 5.69 Å². The van der Waals surface area contributed by atoms with Gasteiger partial charge in [0, 0.05) is 12.8 Å². The fourth-order valence-corrected chi connectivity index (χ4v) is 2.70. The molecule has 7 nitrogen and oxygen atoms in total. The molecular formula is C16H16FN3O4. The van der Waals surface area contributed by atoms with Crippen molar-refractivity contribution in [2.75, 3.05) is 13.2 Å². The van der Waals surface area contributed by atoms with Gasteiger partial charge >= 0.3 is 5.97 Å². The molecule has 0 saturated carbocycles. The number of hydrogen-bond acceptors (Lipinski definition) is 4. The zero-order valence-electron chi connectivity index (χ0n) is 12.7. The molecule has 2 N–H and O–H groups in total. The molecule has 1 atom stereocenters. The van der Waals surface area contributed by atoms with Crippen LogP contribution >= 0.6 is 0 Å². The number of nitrogens with one attached hydrogen (secondary N) is 1. The summed E-state index contributed by atoms with van der Waals surface area (Å²) in [6.07, 6.45) is 1.66. The Morgan fingerprint density at radius 3 is 2.83 bits per heavy atom. The Morgan fingerprint density at radius 1 is 1.38 bits per heavy atom. The highest BCUT2D eigenvalue weighted by atomic mass is 19.1. The summed E-state index contributed by atoms with van der Waals surface area (Å²) in [5, 5.41) is 15.8. The second-order valence-corrected chi connectivity index (χ2v) is 5.70. The average Bonchev–Trinajstić information content (AvgIpc) is 3.17. The predicted molar refractivity (Wildman–Crippen MR) is 81.4 cm³/mol. The first-order chi connectivity index (χ1) is 11.5. The van der Waals surface area contributed by atoms with Crippen molar-refractivity contribution < 1.29 is 23.8 Å². The van der Waals surface area contributed by atoms with E-state index in [9.17, 15) is 14.0 Å². The number of benzene rings is 1. The van der Waals surface area contributed by atoms with Gasteiger partial charge in [-0.25, -0.2) is 9.07 Å². The molecule has 1 aliphatic rings. The number of halogens is 1. The van der Waals surface area contributed by atoms with Gasteiger partial charge in [-0.3, -0.25) is 9.59 Å². The molecule has 1 aromatic carbocycles. The van der Waals surface area contributed by atoms with Crippen molar-refractivity contribution in [3.63, 3.8) is 0 Å². The van der Waals surface area contributed by atoms with E-state index in [-0.39, 0.29) is 24.4 Å². The van der Waals surface area contributed by atoms with Gasteiger partial charge in [0.1, 0.15) is 11.5 Å². The van der Waals surface area contributed by atoms with Gasteiger partial charge in [0.05, 0.1) is 18.6 Å². The summed E-state index contributed by atoms with van der Waals surface area (Å²) < 4.78 is 20.3. The van der Waals surface area contributed by atoms with E-state index in [4.69, 9.17) is 9.84 Å². The summed E-state index contributed by atoms with van der Waals surface area (Å²) in [7, 11) is 0. The highest BCUT2D eigenvalue weighted by molar-refractivity contribution is 5.93. The van der Waals surface area contributed by atoms with E-state index in [1.807, 2.05) is 0 Å². The molecule has 1 aromatic heterocycles. The van der Waals surface area contributed by atoms with E-state index < -0.39 is 23.2 Å². The molecule has 8 heteroatoms. The van der Waals surface area contributed by atoms with Crippen molar-refractivity contribution in [3.05, 3.63) is 48.0 Å². The summed E-state index contributed by atoms with van der Waals surface area (Å²) in [6, 6.07) is 7.52. The summed E-state index contributed by atoms with van der Waals surface area (Å²) in [5.74, 6) is -1.99. The monoisotopic (exact) mass is 333 g/mol. The lowest BCUT2D eigenvalue weighted by Gasteiger charge is -2.26. The molecule has 1 fully saturated rings. The van der Waals surface area contributed by atoms with Gasteiger partial charge in [0.2, 0.25) is 0 Å². The smallest absolute Gasteiger partial charge is 0.305 e. The fraction of sp³-hybridized carbons (Fsp3) is 0.312. The number of ether oxygens (including phenoxy) is 1. The lowest BCUT2D eigenvalue weighted by atomic mass is 9.94. The summed E-state index contributed by atoms with van der Waals surface area (Å²) in [4.78, 5) is 23.4. The van der Waals surface area contributed by atoms with Crippen molar-refractivity contribution in [1.29, 1.82) is 0 Å². The summed E-state index contributed by atoms with van der Waals surface area (Å²) in [5.41, 5.74) is -0.638. The standard InChI is InChI=1S/C16H16FN3O4/c17-11-3-1-2-4-13(11)20-7-5-12(19-20)15(23)18-16(9-14(21)22)6-8-24-10-16/h1-5,7H,6,8-10H2,(H,18,23)(H,21,22). The van der Waals surface area contributed by atoms with Crippen LogP contribution in [-0.4, -0.2) is 45.5 Å². The first kappa shape index (κ1) is 16.1. The topological polar surface area (TPSA) is 93.5 Å². The zero-order chi connectivity index (χ0) is 17.2. The molecule has 0 bridgehead atoms. The molecule has 3 rings (SSSR count). The molecule has 1 amide bonds. The molecular weight excluding hydrogens is 317 g/mol. The van der Waals surface area contributed by atoms with Crippen LogP contribution in [0.3, 0.4) is 0 Å². The first-order valence-corrected chi connectivity index (χ1v) is 7.42. The van der Waals surface area contributed by atoms with E-state index in [0.717, 1.165) is 0 Å². The lowest BCUT2D eigenvalue weighted by Crippen LogP contribution is -2.50. The van der Waals surface area contributed by atoms with Crippen molar-refractivity contribution in [2.24, 2.45) is 0 Å². The summed E-state index contributed by atoms with van der Waals surface area (Å²) in [6.45, 7) is 0.524. The normalized spacial score (nSPS) is 20.0. The third kappa shape index (κ3) is 3.28. The maximum atomic E-state index is 13.8. The molecule has 1 aliphatic heterocycles.